The fraction of sp³-hybridized carbons (Fsp3) is 0.333. The number of carbonyl (C=O) groups is 1. The van der Waals surface area contributed by atoms with Gasteiger partial charge >= 0.3 is 0 Å². The predicted octanol–water partition coefficient (Wildman–Crippen LogP) is 4.99. The SMILES string of the molecule is C#Cc1ccc(-c2cc(Cn3c(C(=O)NC4CCN(C(C)C)CC4)cc4ccccc43)no2)s1. The number of terminal acetylenes is 1. The average Bonchev–Trinajstić information content (AvgIpc) is 3.58. The second-order valence-corrected chi connectivity index (χ2v) is 10.1. The second kappa shape index (κ2) is 9.49. The molecule has 4 aromatic rings. The number of rotatable bonds is 6. The van der Waals surface area contributed by atoms with E-state index in [1.54, 1.807) is 0 Å². The quantitative estimate of drug-likeness (QED) is 0.402. The van der Waals surface area contributed by atoms with Crippen molar-refractivity contribution in [1.29, 1.82) is 0 Å². The smallest absolute Gasteiger partial charge is 0.268 e. The summed E-state index contributed by atoms with van der Waals surface area (Å²) in [7, 11) is 0. The summed E-state index contributed by atoms with van der Waals surface area (Å²) in [5.74, 6) is 3.29. The highest BCUT2D eigenvalue weighted by Crippen LogP contribution is 2.29. The Hall–Kier alpha value is -3.34. The standard InChI is InChI=1S/C27H28N4O2S/c1-4-22-9-10-26(34-22)25-16-21(29-33-25)17-31-23-8-6-5-7-19(23)15-24(31)27(32)28-20-11-13-30(14-12-20)18(2)3/h1,5-10,15-16,18,20H,11-14,17H2,2-3H3,(H,28,32). The van der Waals surface area contributed by atoms with Crippen molar-refractivity contribution in [2.75, 3.05) is 13.1 Å². The minimum absolute atomic E-state index is 0.0418. The second-order valence-electron chi connectivity index (χ2n) is 9.04. The summed E-state index contributed by atoms with van der Waals surface area (Å²) in [6, 6.07) is 16.5. The first-order chi connectivity index (χ1) is 16.5. The molecule has 1 N–H and O–H groups in total. The molecular weight excluding hydrogens is 444 g/mol. The van der Waals surface area contributed by atoms with Crippen molar-refractivity contribution in [3.63, 3.8) is 0 Å². The number of para-hydroxylation sites is 1. The van der Waals surface area contributed by atoms with Gasteiger partial charge in [-0.05, 0) is 51.0 Å². The number of piperidine rings is 1. The number of hydrogen-bond donors (Lipinski definition) is 1. The molecule has 0 radical (unpaired) electrons. The predicted molar refractivity (Wildman–Crippen MR) is 136 cm³/mol. The van der Waals surface area contributed by atoms with Crippen molar-refractivity contribution < 1.29 is 9.32 Å². The van der Waals surface area contributed by atoms with Crippen LogP contribution in [0.1, 0.15) is 47.7 Å². The van der Waals surface area contributed by atoms with Crippen molar-refractivity contribution in [3.05, 3.63) is 64.8 Å². The molecule has 1 saturated heterocycles. The number of nitrogens with zero attached hydrogens (tertiary/aromatic N) is 3. The summed E-state index contributed by atoms with van der Waals surface area (Å²) in [6.45, 7) is 6.91. The zero-order valence-corrected chi connectivity index (χ0v) is 20.3. The van der Waals surface area contributed by atoms with Crippen LogP contribution in [0.4, 0.5) is 0 Å². The Balaban J connectivity index is 1.38. The molecule has 6 nitrogen and oxygen atoms in total. The normalized spacial score (nSPS) is 15.1. The van der Waals surface area contributed by atoms with Gasteiger partial charge in [-0.25, -0.2) is 0 Å². The van der Waals surface area contributed by atoms with Crippen LogP contribution in [0.3, 0.4) is 0 Å². The number of carbonyl (C=O) groups excluding carboxylic acids is 1. The van der Waals surface area contributed by atoms with Crippen LogP contribution in [0, 0.1) is 12.3 Å². The maximum absolute atomic E-state index is 13.4. The van der Waals surface area contributed by atoms with Gasteiger partial charge in [0, 0.05) is 42.1 Å². The summed E-state index contributed by atoms with van der Waals surface area (Å²) in [5, 5.41) is 8.58. The van der Waals surface area contributed by atoms with Gasteiger partial charge in [0.1, 0.15) is 11.4 Å². The Morgan fingerprint density at radius 1 is 1.24 bits per heavy atom. The molecule has 1 amide bonds. The highest BCUT2D eigenvalue weighted by molar-refractivity contribution is 7.15. The zero-order valence-electron chi connectivity index (χ0n) is 19.5. The summed E-state index contributed by atoms with van der Waals surface area (Å²) < 4.78 is 7.62. The zero-order chi connectivity index (χ0) is 23.7. The van der Waals surface area contributed by atoms with E-state index >= 15 is 0 Å². The average molecular weight is 473 g/mol. The summed E-state index contributed by atoms with van der Waals surface area (Å²) in [5.41, 5.74) is 2.40. The first-order valence-corrected chi connectivity index (χ1v) is 12.5. The molecule has 1 aliphatic heterocycles. The number of thiophene rings is 1. The number of nitrogens with one attached hydrogen (secondary N) is 1. The molecule has 174 valence electrons. The minimum Gasteiger partial charge on any atom is -0.355 e. The molecule has 4 heterocycles. The fourth-order valence-corrected chi connectivity index (χ4v) is 5.37. The number of fused-ring (bicyclic) bond motifs is 1. The molecule has 3 aromatic heterocycles. The molecule has 0 unspecified atom stereocenters. The lowest BCUT2D eigenvalue weighted by Gasteiger charge is -2.34. The number of likely N-dealkylation sites (tertiary alicyclic amines) is 1. The Labute approximate surface area is 203 Å². The highest BCUT2D eigenvalue weighted by Gasteiger charge is 2.24. The molecule has 0 spiro atoms. The Morgan fingerprint density at radius 3 is 2.76 bits per heavy atom. The van der Waals surface area contributed by atoms with Crippen molar-refractivity contribution in [2.24, 2.45) is 0 Å². The number of hydrogen-bond acceptors (Lipinski definition) is 5. The van der Waals surface area contributed by atoms with Crippen LogP contribution in [-0.2, 0) is 6.54 Å². The van der Waals surface area contributed by atoms with E-state index in [-0.39, 0.29) is 11.9 Å². The van der Waals surface area contributed by atoms with Crippen LogP contribution in [0.5, 0.6) is 0 Å². The van der Waals surface area contributed by atoms with Crippen LogP contribution in [0.25, 0.3) is 21.5 Å². The van der Waals surface area contributed by atoms with Crippen LogP contribution in [0.2, 0.25) is 0 Å². The first kappa shape index (κ1) is 22.5. The molecule has 0 bridgehead atoms. The van der Waals surface area contributed by atoms with Gasteiger partial charge in [-0.15, -0.1) is 17.8 Å². The van der Waals surface area contributed by atoms with Crippen molar-refractivity contribution >= 4 is 28.1 Å². The van der Waals surface area contributed by atoms with E-state index in [0.29, 0.717) is 24.0 Å². The third-order valence-corrected chi connectivity index (χ3v) is 7.54. The summed E-state index contributed by atoms with van der Waals surface area (Å²) >= 11 is 1.49. The van der Waals surface area contributed by atoms with Gasteiger partial charge in [0.15, 0.2) is 5.76 Å². The maximum Gasteiger partial charge on any atom is 0.268 e. The van der Waals surface area contributed by atoms with E-state index in [9.17, 15) is 4.79 Å². The van der Waals surface area contributed by atoms with E-state index in [2.05, 4.69) is 35.1 Å². The Kier molecular flexibility index (Phi) is 6.27. The highest BCUT2D eigenvalue weighted by atomic mass is 32.1. The van der Waals surface area contributed by atoms with E-state index in [1.807, 2.05) is 53.1 Å². The van der Waals surface area contributed by atoms with E-state index < -0.39 is 0 Å². The topological polar surface area (TPSA) is 63.3 Å². The molecule has 5 rings (SSSR count). The fourth-order valence-electron chi connectivity index (χ4n) is 4.60. The van der Waals surface area contributed by atoms with Crippen LogP contribution in [0.15, 0.2) is 53.1 Å². The molecule has 1 aliphatic rings. The molecule has 7 heteroatoms. The Morgan fingerprint density at radius 2 is 2.03 bits per heavy atom. The molecule has 0 saturated carbocycles. The van der Waals surface area contributed by atoms with Gasteiger partial charge in [0.2, 0.25) is 0 Å². The van der Waals surface area contributed by atoms with Gasteiger partial charge in [-0.2, -0.15) is 0 Å². The lowest BCUT2D eigenvalue weighted by atomic mass is 10.0. The van der Waals surface area contributed by atoms with E-state index in [0.717, 1.165) is 52.3 Å². The number of benzene rings is 1. The van der Waals surface area contributed by atoms with Gasteiger partial charge in [-0.1, -0.05) is 29.3 Å². The summed E-state index contributed by atoms with van der Waals surface area (Å²) in [4.78, 5) is 17.6. The molecule has 34 heavy (non-hydrogen) atoms. The number of aromatic nitrogens is 2. The van der Waals surface area contributed by atoms with Crippen molar-refractivity contribution in [3.8, 4) is 23.0 Å². The minimum atomic E-state index is -0.0418. The first-order valence-electron chi connectivity index (χ1n) is 11.7. The van der Waals surface area contributed by atoms with Crippen LogP contribution >= 0.6 is 11.3 Å². The number of amides is 1. The Bertz CT molecular complexity index is 1350. The third-order valence-electron chi connectivity index (χ3n) is 6.51. The third kappa shape index (κ3) is 4.52. The molecule has 0 atom stereocenters. The van der Waals surface area contributed by atoms with Gasteiger partial charge in [0.25, 0.3) is 5.91 Å². The van der Waals surface area contributed by atoms with E-state index in [4.69, 9.17) is 10.9 Å². The molecule has 0 aliphatic carbocycles. The maximum atomic E-state index is 13.4. The summed E-state index contributed by atoms with van der Waals surface area (Å²) in [6.07, 6.45) is 7.43. The van der Waals surface area contributed by atoms with Crippen LogP contribution in [-0.4, -0.2) is 45.7 Å². The lowest BCUT2D eigenvalue weighted by Crippen LogP contribution is -2.46. The van der Waals surface area contributed by atoms with Crippen LogP contribution < -0.4 is 5.32 Å². The van der Waals surface area contributed by atoms with Crippen molar-refractivity contribution in [1.82, 2.24) is 19.9 Å². The lowest BCUT2D eigenvalue weighted by molar-refractivity contribution is 0.0892. The van der Waals surface area contributed by atoms with E-state index in [1.165, 1.54) is 11.3 Å². The molecule has 1 aromatic carbocycles. The molecule has 1 fully saturated rings. The van der Waals surface area contributed by atoms with Gasteiger partial charge in [-0.3, -0.25) is 4.79 Å². The molecular formula is C27H28N4O2S. The monoisotopic (exact) mass is 472 g/mol. The van der Waals surface area contributed by atoms with Gasteiger partial charge < -0.3 is 19.3 Å². The largest absolute Gasteiger partial charge is 0.355 e. The van der Waals surface area contributed by atoms with Gasteiger partial charge in [0.05, 0.1) is 16.3 Å². The van der Waals surface area contributed by atoms with Crippen molar-refractivity contribution in [2.45, 2.75) is 45.3 Å².